The maximum atomic E-state index is 11.3. The van der Waals surface area contributed by atoms with Crippen LogP contribution in [0.5, 0.6) is 0 Å². The lowest BCUT2D eigenvalue weighted by Gasteiger charge is -2.26. The third-order valence-electron chi connectivity index (χ3n) is 6.72. The molecule has 10 heteroatoms. The zero-order valence-corrected chi connectivity index (χ0v) is 22.9. The van der Waals surface area contributed by atoms with Crippen LogP contribution in [0.4, 0.5) is 11.6 Å². The van der Waals surface area contributed by atoms with Gasteiger partial charge < -0.3 is 20.4 Å². The molecule has 4 heterocycles. The highest BCUT2D eigenvalue weighted by atomic mass is 32.2. The molecule has 0 fully saturated rings. The predicted octanol–water partition coefficient (Wildman–Crippen LogP) is 4.47. The molecule has 204 valence electrons. The first-order chi connectivity index (χ1) is 19.4. The van der Waals surface area contributed by atoms with Crippen molar-refractivity contribution < 1.29 is 12.8 Å². The number of fused-ring (bicyclic) bond motifs is 2. The molecule has 2 aliphatic rings. The van der Waals surface area contributed by atoms with Crippen molar-refractivity contribution in [3.05, 3.63) is 126 Å². The maximum Gasteiger partial charge on any atom is 0.203 e. The Kier molecular flexibility index (Phi) is 7.02. The molecular weight excluding hydrogens is 524 g/mol. The van der Waals surface area contributed by atoms with Crippen LogP contribution in [-0.2, 0) is 22.9 Å². The Balaban J connectivity index is 1.15. The van der Waals surface area contributed by atoms with E-state index in [0.717, 1.165) is 45.5 Å². The normalized spacial score (nSPS) is 14.8. The monoisotopic (exact) mass is 554 g/mol. The van der Waals surface area contributed by atoms with Gasteiger partial charge in [-0.2, -0.15) is 5.10 Å². The fraction of sp³-hybridized carbons (Fsp3) is 0.167. The first-order valence-electron chi connectivity index (χ1n) is 13.0. The van der Waals surface area contributed by atoms with E-state index < -0.39 is 9.84 Å². The molecule has 9 nitrogen and oxygen atoms in total. The Morgan fingerprint density at radius 2 is 1.93 bits per heavy atom. The van der Waals surface area contributed by atoms with Crippen molar-refractivity contribution in [2.24, 2.45) is 0 Å². The highest BCUT2D eigenvalue weighted by Crippen LogP contribution is 2.32. The fourth-order valence-corrected chi connectivity index (χ4v) is 5.19. The molecule has 0 bridgehead atoms. The Morgan fingerprint density at radius 1 is 1.05 bits per heavy atom. The number of aromatic nitrogens is 2. The highest BCUT2D eigenvalue weighted by molar-refractivity contribution is 7.90. The molecule has 0 atom stereocenters. The lowest BCUT2D eigenvalue weighted by molar-refractivity contribution is 0.565. The van der Waals surface area contributed by atoms with E-state index in [9.17, 15) is 8.42 Å². The van der Waals surface area contributed by atoms with Crippen LogP contribution in [-0.4, -0.2) is 36.8 Å². The minimum atomic E-state index is -2.99. The summed E-state index contributed by atoms with van der Waals surface area (Å²) >= 11 is 0. The van der Waals surface area contributed by atoms with Crippen molar-refractivity contribution in [2.45, 2.75) is 13.1 Å². The van der Waals surface area contributed by atoms with Crippen LogP contribution in [0.25, 0.3) is 10.9 Å². The number of nitrogens with zero attached hydrogens (tertiary/aromatic N) is 3. The summed E-state index contributed by atoms with van der Waals surface area (Å²) in [5.41, 5.74) is 7.19. The number of nitrogens with one attached hydrogen (secondary N) is 3. The second-order valence-corrected chi connectivity index (χ2v) is 12.1. The van der Waals surface area contributed by atoms with Crippen LogP contribution in [0, 0.1) is 0 Å². The van der Waals surface area contributed by atoms with Crippen molar-refractivity contribution >= 4 is 32.3 Å². The lowest BCUT2D eigenvalue weighted by atomic mass is 10.0. The van der Waals surface area contributed by atoms with E-state index in [1.807, 2.05) is 70.9 Å². The Morgan fingerprint density at radius 3 is 2.77 bits per heavy atom. The summed E-state index contributed by atoms with van der Waals surface area (Å²) in [6, 6.07) is 18.5. The summed E-state index contributed by atoms with van der Waals surface area (Å²) in [4.78, 5) is 1.93. The maximum absolute atomic E-state index is 11.3. The van der Waals surface area contributed by atoms with Gasteiger partial charge in [-0.1, -0.05) is 30.3 Å². The number of dihydropyridines is 1. The van der Waals surface area contributed by atoms with Crippen molar-refractivity contribution in [1.82, 2.24) is 20.4 Å². The third kappa shape index (κ3) is 5.88. The molecule has 2 aromatic heterocycles. The standard InChI is InChI=1S/C30H30N6O3S/c1-40(37,38)12-10-31-15-23-13-30(39-21-23)35-11-9-24-16-32-18-28(27(24)20-35)34-26-7-8-29-25(14-26)17-33-36(29)19-22-5-3-2-4-6-22/h2-9,11,13-14,16-18,20-21,31-32,34H,10,12,15,19H2,1H3. The average Bonchev–Trinajstić information content (AvgIpc) is 3.58. The number of anilines is 2. The summed E-state index contributed by atoms with van der Waals surface area (Å²) in [5, 5.41) is 15.6. The molecule has 0 saturated heterocycles. The quantitative estimate of drug-likeness (QED) is 0.247. The van der Waals surface area contributed by atoms with Crippen LogP contribution in [0.1, 0.15) is 11.1 Å². The summed E-state index contributed by atoms with van der Waals surface area (Å²) in [5.74, 6) is 0.778. The molecule has 0 saturated carbocycles. The molecule has 2 aliphatic heterocycles. The van der Waals surface area contributed by atoms with E-state index in [0.29, 0.717) is 19.0 Å². The van der Waals surface area contributed by atoms with E-state index in [2.05, 4.69) is 51.4 Å². The topological polar surface area (TPSA) is 104 Å². The summed E-state index contributed by atoms with van der Waals surface area (Å²) in [6.45, 7) is 1.65. The van der Waals surface area contributed by atoms with Crippen LogP contribution in [0.2, 0.25) is 0 Å². The van der Waals surface area contributed by atoms with Crippen LogP contribution >= 0.6 is 0 Å². The van der Waals surface area contributed by atoms with Crippen molar-refractivity contribution in [2.75, 3.05) is 28.8 Å². The van der Waals surface area contributed by atoms with Crippen molar-refractivity contribution in [3.63, 3.8) is 0 Å². The average molecular weight is 555 g/mol. The van der Waals surface area contributed by atoms with E-state index in [1.165, 1.54) is 11.8 Å². The van der Waals surface area contributed by atoms with Gasteiger partial charge in [-0.15, -0.1) is 0 Å². The second kappa shape index (κ2) is 10.9. The van der Waals surface area contributed by atoms with Crippen LogP contribution < -0.4 is 20.9 Å². The number of hydrogen-bond acceptors (Lipinski definition) is 8. The molecule has 0 unspecified atom stereocenters. The minimum absolute atomic E-state index is 0.104. The highest BCUT2D eigenvalue weighted by Gasteiger charge is 2.20. The van der Waals surface area contributed by atoms with E-state index in [1.54, 1.807) is 6.26 Å². The fourth-order valence-electron chi connectivity index (χ4n) is 4.67. The summed E-state index contributed by atoms with van der Waals surface area (Å²) in [7, 11) is -2.99. The second-order valence-electron chi connectivity index (χ2n) is 9.88. The van der Waals surface area contributed by atoms with Gasteiger partial charge in [0.25, 0.3) is 0 Å². The predicted molar refractivity (Wildman–Crippen MR) is 158 cm³/mol. The van der Waals surface area contributed by atoms with Gasteiger partial charge in [-0.3, -0.25) is 9.58 Å². The number of hydrogen-bond donors (Lipinski definition) is 3. The van der Waals surface area contributed by atoms with Crippen LogP contribution in [0.3, 0.4) is 0 Å². The number of furan rings is 1. The molecule has 0 aliphatic carbocycles. The van der Waals surface area contributed by atoms with Gasteiger partial charge in [0.2, 0.25) is 5.88 Å². The largest absolute Gasteiger partial charge is 0.448 e. The number of allylic oxidation sites excluding steroid dienone is 2. The van der Waals surface area contributed by atoms with Crippen molar-refractivity contribution in [3.8, 4) is 0 Å². The van der Waals surface area contributed by atoms with E-state index in [4.69, 9.17) is 4.42 Å². The van der Waals surface area contributed by atoms with E-state index >= 15 is 0 Å². The van der Waals surface area contributed by atoms with Gasteiger partial charge in [0.15, 0.2) is 0 Å². The van der Waals surface area contributed by atoms with Gasteiger partial charge in [0, 0.05) is 78.0 Å². The Bertz CT molecular complexity index is 1760. The summed E-state index contributed by atoms with van der Waals surface area (Å²) < 4.78 is 30.5. The molecule has 6 rings (SSSR count). The molecule has 40 heavy (non-hydrogen) atoms. The zero-order valence-electron chi connectivity index (χ0n) is 22.0. The Labute approximate surface area is 233 Å². The van der Waals surface area contributed by atoms with E-state index in [-0.39, 0.29) is 5.75 Å². The van der Waals surface area contributed by atoms with Gasteiger partial charge in [0.05, 0.1) is 36.0 Å². The molecule has 0 spiro atoms. The van der Waals surface area contributed by atoms with Crippen molar-refractivity contribution in [1.29, 1.82) is 0 Å². The van der Waals surface area contributed by atoms with Gasteiger partial charge in [-0.25, -0.2) is 8.42 Å². The molecule has 0 radical (unpaired) electrons. The van der Waals surface area contributed by atoms with Gasteiger partial charge in [-0.05, 0) is 29.8 Å². The molecule has 0 amide bonds. The molecular formula is C30H30N6O3S. The Hall–Kier alpha value is -4.54. The molecule has 3 N–H and O–H groups in total. The molecule has 4 aromatic rings. The first-order valence-corrected chi connectivity index (χ1v) is 15.1. The zero-order chi connectivity index (χ0) is 27.5. The molecule has 2 aromatic carbocycles. The minimum Gasteiger partial charge on any atom is -0.448 e. The van der Waals surface area contributed by atoms with Crippen LogP contribution in [0.15, 0.2) is 119 Å². The first kappa shape index (κ1) is 25.7. The SMILES string of the molecule is CS(=O)(=O)CCNCc1coc(N2C=CC3=CNC=C(Nc4ccc5c(cnn5Cc5ccccc5)c4)C3=C2)c1. The smallest absolute Gasteiger partial charge is 0.203 e. The summed E-state index contributed by atoms with van der Waals surface area (Å²) in [6.07, 6.45) is 14.7. The number of sulfone groups is 1. The number of rotatable bonds is 10. The van der Waals surface area contributed by atoms with Gasteiger partial charge >= 0.3 is 0 Å². The van der Waals surface area contributed by atoms with Gasteiger partial charge in [0.1, 0.15) is 9.84 Å². The lowest BCUT2D eigenvalue weighted by Crippen LogP contribution is -2.21. The number of benzene rings is 2. The third-order valence-corrected chi connectivity index (χ3v) is 7.67.